The number of ether oxygens (including phenoxy) is 3. The van der Waals surface area contributed by atoms with Crippen molar-refractivity contribution in [3.05, 3.63) is 53.3 Å². The molecule has 0 saturated carbocycles. The summed E-state index contributed by atoms with van der Waals surface area (Å²) in [5, 5.41) is 10.1. The zero-order valence-electron chi connectivity index (χ0n) is 20.9. The zero-order chi connectivity index (χ0) is 24.3. The van der Waals surface area contributed by atoms with Crippen molar-refractivity contribution in [2.45, 2.75) is 46.3 Å². The van der Waals surface area contributed by atoms with Crippen LogP contribution in [0, 0.1) is 5.92 Å². The van der Waals surface area contributed by atoms with Gasteiger partial charge in [0.25, 0.3) is 5.91 Å². The molecule has 7 heteroatoms. The molecule has 2 fully saturated rings. The Kier molecular flexibility index (Phi) is 10.4. The molecular weight excluding hydrogens is 432 g/mol. The van der Waals surface area contributed by atoms with Crippen molar-refractivity contribution in [3.8, 4) is 5.75 Å². The number of rotatable bonds is 9. The topological polar surface area (TPSA) is 71.5 Å². The van der Waals surface area contributed by atoms with Crippen LogP contribution in [0.2, 0.25) is 0 Å². The van der Waals surface area contributed by atoms with E-state index in [-0.39, 0.29) is 11.7 Å². The Bertz CT molecular complexity index is 841. The van der Waals surface area contributed by atoms with Crippen LogP contribution in [0.3, 0.4) is 0 Å². The quantitative estimate of drug-likeness (QED) is 0.591. The summed E-state index contributed by atoms with van der Waals surface area (Å²) in [6.45, 7) is 11.6. The maximum atomic E-state index is 13.6. The fraction of sp³-hybridized carbons (Fsp3) is 0.593. The van der Waals surface area contributed by atoms with E-state index in [4.69, 9.17) is 14.2 Å². The molecule has 0 spiro atoms. The molecule has 1 aromatic rings. The van der Waals surface area contributed by atoms with Crippen LogP contribution in [0.5, 0.6) is 5.75 Å². The molecule has 0 aliphatic carbocycles. The van der Waals surface area contributed by atoms with E-state index in [0.29, 0.717) is 58.5 Å². The number of hydrogen-bond acceptors (Lipinski definition) is 6. The van der Waals surface area contributed by atoms with Gasteiger partial charge in [-0.3, -0.25) is 9.69 Å². The highest BCUT2D eigenvalue weighted by atomic mass is 16.5. The van der Waals surface area contributed by atoms with Gasteiger partial charge in [-0.05, 0) is 30.1 Å². The van der Waals surface area contributed by atoms with Gasteiger partial charge in [-0.25, -0.2) is 0 Å². The van der Waals surface area contributed by atoms with Gasteiger partial charge in [-0.1, -0.05) is 45.0 Å². The first-order chi connectivity index (χ1) is 16.5. The monoisotopic (exact) mass is 472 g/mol. The van der Waals surface area contributed by atoms with Gasteiger partial charge in [0.2, 0.25) is 0 Å². The molecule has 1 aromatic carbocycles. The Balaban J connectivity index is 1.70. The number of para-hydroxylation sites is 1. The molecular formula is C27H40N2O5. The molecule has 0 aromatic heterocycles. The number of allylic oxidation sites excluding steroid dienone is 1. The smallest absolute Gasteiger partial charge is 0.253 e. The van der Waals surface area contributed by atoms with Crippen molar-refractivity contribution in [1.29, 1.82) is 0 Å². The molecule has 2 aliphatic heterocycles. The minimum atomic E-state index is -0.522. The Morgan fingerprint density at radius 1 is 1.26 bits per heavy atom. The molecule has 2 aliphatic rings. The van der Waals surface area contributed by atoms with E-state index < -0.39 is 6.10 Å². The number of morpholine rings is 1. The molecule has 1 unspecified atom stereocenters. The average molecular weight is 473 g/mol. The Labute approximate surface area is 204 Å². The molecule has 1 atom stereocenters. The third-order valence-corrected chi connectivity index (χ3v) is 5.86. The van der Waals surface area contributed by atoms with Crippen molar-refractivity contribution in [2.75, 3.05) is 52.6 Å². The molecule has 0 radical (unpaired) electrons. The Hall–Kier alpha value is -2.35. The zero-order valence-corrected chi connectivity index (χ0v) is 20.9. The highest BCUT2D eigenvalue weighted by molar-refractivity contribution is 5.81. The predicted molar refractivity (Wildman–Crippen MR) is 132 cm³/mol. The number of benzene rings is 1. The number of amides is 1. The summed E-state index contributed by atoms with van der Waals surface area (Å²) in [6, 6.07) is 7.35. The third-order valence-electron chi connectivity index (χ3n) is 5.86. The van der Waals surface area contributed by atoms with Crippen LogP contribution < -0.4 is 0 Å². The molecule has 3 rings (SSSR count). The first-order valence-corrected chi connectivity index (χ1v) is 12.5. The molecule has 34 heavy (non-hydrogen) atoms. The molecule has 2 heterocycles. The van der Waals surface area contributed by atoms with Crippen LogP contribution in [0.4, 0.5) is 0 Å². The predicted octanol–water partition coefficient (Wildman–Crippen LogP) is 3.73. The number of aromatic hydroxyl groups is 1. The molecule has 1 amide bonds. The van der Waals surface area contributed by atoms with Crippen LogP contribution in [-0.2, 0) is 25.5 Å². The first kappa shape index (κ1) is 26.3. The second kappa shape index (κ2) is 13.5. The maximum absolute atomic E-state index is 13.6. The van der Waals surface area contributed by atoms with Crippen LogP contribution >= 0.6 is 0 Å². The van der Waals surface area contributed by atoms with Crippen LogP contribution in [-0.4, -0.2) is 79.5 Å². The molecule has 188 valence electrons. The van der Waals surface area contributed by atoms with Crippen molar-refractivity contribution >= 4 is 5.91 Å². The minimum absolute atomic E-state index is 0.00845. The lowest BCUT2D eigenvalue weighted by molar-refractivity contribution is -0.149. The van der Waals surface area contributed by atoms with E-state index in [1.165, 1.54) is 0 Å². The number of phenolic OH excluding ortho intramolecular Hbond substituents is 1. The van der Waals surface area contributed by atoms with E-state index >= 15 is 0 Å². The summed E-state index contributed by atoms with van der Waals surface area (Å²) in [7, 11) is 0. The highest BCUT2D eigenvalue weighted by Crippen LogP contribution is 2.20. The largest absolute Gasteiger partial charge is 0.508 e. The number of nitrogens with zero attached hydrogens (tertiary/aromatic N) is 2. The summed E-state index contributed by atoms with van der Waals surface area (Å²) in [6.07, 6.45) is 5.41. The molecule has 2 saturated heterocycles. The SMILES string of the molecule is CC/C=C(\C=C1/COCCCO1)CN(CC(C)C)C(=O)C1CN(Cc2ccccc2O)CCO1. The standard InChI is InChI=1S/C27H40N2O5/c1-4-8-22(15-24-20-32-12-7-13-33-24)17-29(16-21(2)3)27(31)26-19-28(11-14-34-26)18-23-9-5-6-10-25(23)30/h5-6,8-10,15,21,26,30H,4,7,11-14,16-20H2,1-3H3/b22-8+,24-15+. The number of phenols is 1. The van der Waals surface area contributed by atoms with Gasteiger partial charge < -0.3 is 24.2 Å². The Morgan fingerprint density at radius 3 is 2.85 bits per heavy atom. The second-order valence-corrected chi connectivity index (χ2v) is 9.39. The third kappa shape index (κ3) is 8.15. The van der Waals surface area contributed by atoms with Crippen molar-refractivity contribution < 1.29 is 24.1 Å². The normalized spacial score (nSPS) is 21.4. The summed E-state index contributed by atoms with van der Waals surface area (Å²) in [5.41, 5.74) is 1.92. The molecule has 7 nitrogen and oxygen atoms in total. The fourth-order valence-corrected chi connectivity index (χ4v) is 4.28. The lowest BCUT2D eigenvalue weighted by Gasteiger charge is -2.36. The Morgan fingerprint density at radius 2 is 2.09 bits per heavy atom. The van der Waals surface area contributed by atoms with Gasteiger partial charge in [0.15, 0.2) is 0 Å². The van der Waals surface area contributed by atoms with Gasteiger partial charge in [0, 0.05) is 44.7 Å². The van der Waals surface area contributed by atoms with E-state index in [1.807, 2.05) is 29.2 Å². The lowest BCUT2D eigenvalue weighted by Crippen LogP contribution is -2.51. The van der Waals surface area contributed by atoms with Crippen molar-refractivity contribution in [2.24, 2.45) is 5.92 Å². The molecule has 1 N–H and O–H groups in total. The van der Waals surface area contributed by atoms with E-state index in [9.17, 15) is 9.90 Å². The van der Waals surface area contributed by atoms with Gasteiger partial charge in [-0.15, -0.1) is 0 Å². The van der Waals surface area contributed by atoms with E-state index in [0.717, 1.165) is 36.3 Å². The highest BCUT2D eigenvalue weighted by Gasteiger charge is 2.31. The fourth-order valence-electron chi connectivity index (χ4n) is 4.28. The van der Waals surface area contributed by atoms with Gasteiger partial charge in [0.1, 0.15) is 24.2 Å². The number of hydrogen-bond donors (Lipinski definition) is 1. The van der Waals surface area contributed by atoms with Gasteiger partial charge >= 0.3 is 0 Å². The van der Waals surface area contributed by atoms with Crippen LogP contribution in [0.1, 0.15) is 39.2 Å². The van der Waals surface area contributed by atoms with Crippen molar-refractivity contribution in [1.82, 2.24) is 9.80 Å². The average Bonchev–Trinajstić information content (AvgIpc) is 3.08. The summed E-state index contributed by atoms with van der Waals surface area (Å²) in [5.74, 6) is 1.44. The van der Waals surface area contributed by atoms with E-state index in [1.54, 1.807) is 6.07 Å². The van der Waals surface area contributed by atoms with E-state index in [2.05, 4.69) is 31.7 Å². The van der Waals surface area contributed by atoms with Crippen LogP contribution in [0.15, 0.2) is 47.7 Å². The summed E-state index contributed by atoms with van der Waals surface area (Å²) < 4.78 is 17.4. The van der Waals surface area contributed by atoms with Gasteiger partial charge in [-0.2, -0.15) is 0 Å². The number of carbonyl (C=O) groups excluding carboxylic acids is 1. The maximum Gasteiger partial charge on any atom is 0.253 e. The minimum Gasteiger partial charge on any atom is -0.508 e. The summed E-state index contributed by atoms with van der Waals surface area (Å²) >= 11 is 0. The van der Waals surface area contributed by atoms with Crippen molar-refractivity contribution in [3.63, 3.8) is 0 Å². The van der Waals surface area contributed by atoms with Gasteiger partial charge in [0.05, 0.1) is 19.8 Å². The number of carbonyl (C=O) groups is 1. The first-order valence-electron chi connectivity index (χ1n) is 12.5. The lowest BCUT2D eigenvalue weighted by atomic mass is 10.1. The summed E-state index contributed by atoms with van der Waals surface area (Å²) in [4.78, 5) is 17.7. The van der Waals surface area contributed by atoms with Crippen LogP contribution in [0.25, 0.3) is 0 Å². The second-order valence-electron chi connectivity index (χ2n) is 9.39. The molecule has 0 bridgehead atoms.